The number of nitrogens with zero attached hydrogens (tertiary/aromatic N) is 1. The Morgan fingerprint density at radius 2 is 2.35 bits per heavy atom. The topological polar surface area (TPSA) is 39.2 Å². The predicted molar refractivity (Wildman–Crippen MR) is 70.7 cm³/mol. The van der Waals surface area contributed by atoms with Crippen molar-refractivity contribution in [3.63, 3.8) is 0 Å². The van der Waals surface area contributed by atoms with E-state index in [9.17, 15) is 4.79 Å². The summed E-state index contributed by atoms with van der Waals surface area (Å²) in [6, 6.07) is 3.98. The van der Waals surface area contributed by atoms with Gasteiger partial charge in [-0.15, -0.1) is 22.7 Å². The Morgan fingerprint density at radius 3 is 3.00 bits per heavy atom. The van der Waals surface area contributed by atoms with Crippen LogP contribution in [0.1, 0.15) is 28.7 Å². The summed E-state index contributed by atoms with van der Waals surface area (Å²) in [7, 11) is 0. The first-order valence-electron chi connectivity index (χ1n) is 5.40. The van der Waals surface area contributed by atoms with Gasteiger partial charge >= 0.3 is 5.97 Å². The van der Waals surface area contributed by atoms with Crippen molar-refractivity contribution < 1.29 is 9.53 Å². The summed E-state index contributed by atoms with van der Waals surface area (Å²) in [5, 5.41) is 2.89. The third-order valence-corrected chi connectivity index (χ3v) is 4.33. The maximum absolute atomic E-state index is 11.8. The molecular weight excluding hydrogens is 254 g/mol. The highest BCUT2D eigenvalue weighted by atomic mass is 32.1. The highest BCUT2D eigenvalue weighted by Crippen LogP contribution is 2.31. The molecule has 3 nitrogen and oxygen atoms in total. The van der Waals surface area contributed by atoms with Crippen molar-refractivity contribution in [2.75, 3.05) is 6.61 Å². The van der Waals surface area contributed by atoms with Gasteiger partial charge in [0.25, 0.3) is 0 Å². The minimum atomic E-state index is -0.260. The van der Waals surface area contributed by atoms with Crippen molar-refractivity contribution in [3.05, 3.63) is 28.1 Å². The second-order valence-electron chi connectivity index (χ2n) is 3.55. The fourth-order valence-electron chi connectivity index (χ4n) is 1.35. The van der Waals surface area contributed by atoms with E-state index < -0.39 is 0 Å². The van der Waals surface area contributed by atoms with E-state index in [4.69, 9.17) is 4.74 Å². The molecule has 0 N–H and O–H groups in total. The first kappa shape index (κ1) is 12.3. The number of rotatable bonds is 4. The zero-order valence-corrected chi connectivity index (χ0v) is 11.4. The van der Waals surface area contributed by atoms with Crippen molar-refractivity contribution in [2.45, 2.75) is 20.3 Å². The Morgan fingerprint density at radius 1 is 1.53 bits per heavy atom. The predicted octanol–water partition coefficient (Wildman–Crippen LogP) is 3.75. The van der Waals surface area contributed by atoms with Gasteiger partial charge in [0.15, 0.2) is 0 Å². The van der Waals surface area contributed by atoms with Crippen molar-refractivity contribution in [1.82, 2.24) is 4.98 Å². The molecule has 2 aromatic heterocycles. The van der Waals surface area contributed by atoms with E-state index in [1.807, 2.05) is 31.4 Å². The van der Waals surface area contributed by atoms with Crippen LogP contribution in [0.2, 0.25) is 0 Å². The smallest absolute Gasteiger partial charge is 0.350 e. The summed E-state index contributed by atoms with van der Waals surface area (Å²) in [4.78, 5) is 17.9. The zero-order chi connectivity index (χ0) is 12.3. The SMILES string of the molecule is CCCOC(=O)c1sc(-c2cccs2)nc1C. The maximum atomic E-state index is 11.8. The number of thiazole rings is 1. The van der Waals surface area contributed by atoms with Crippen LogP contribution in [0.4, 0.5) is 0 Å². The Balaban J connectivity index is 2.22. The average molecular weight is 267 g/mol. The molecule has 0 saturated heterocycles. The normalized spacial score (nSPS) is 10.5. The third-order valence-electron chi connectivity index (χ3n) is 2.15. The van der Waals surface area contributed by atoms with Gasteiger partial charge in [0.05, 0.1) is 17.2 Å². The molecule has 0 aliphatic carbocycles. The zero-order valence-electron chi connectivity index (χ0n) is 9.73. The number of carbonyl (C=O) groups excluding carboxylic acids is 1. The second kappa shape index (κ2) is 5.42. The van der Waals surface area contributed by atoms with Crippen LogP contribution in [0, 0.1) is 6.92 Å². The lowest BCUT2D eigenvalue weighted by Gasteiger charge is -1.99. The van der Waals surface area contributed by atoms with Crippen LogP contribution in [0.5, 0.6) is 0 Å². The van der Waals surface area contributed by atoms with E-state index in [0.29, 0.717) is 11.5 Å². The van der Waals surface area contributed by atoms with Crippen LogP contribution in [0.25, 0.3) is 9.88 Å². The number of aryl methyl sites for hydroxylation is 1. The monoisotopic (exact) mass is 267 g/mol. The standard InChI is InChI=1S/C12H13NO2S2/c1-3-6-15-12(14)10-8(2)13-11(17-10)9-5-4-7-16-9/h4-5,7H,3,6H2,1-2H3. The Kier molecular flexibility index (Phi) is 3.91. The van der Waals surface area contributed by atoms with Crippen molar-refractivity contribution >= 4 is 28.6 Å². The van der Waals surface area contributed by atoms with Crippen molar-refractivity contribution in [1.29, 1.82) is 0 Å². The number of esters is 1. The van der Waals surface area contributed by atoms with Gasteiger partial charge in [0.1, 0.15) is 9.88 Å². The lowest BCUT2D eigenvalue weighted by molar-refractivity contribution is 0.0510. The quantitative estimate of drug-likeness (QED) is 0.792. The molecule has 2 aromatic rings. The molecule has 0 aliphatic heterocycles. The molecule has 0 aliphatic rings. The average Bonchev–Trinajstić information content (AvgIpc) is 2.94. The summed E-state index contributed by atoms with van der Waals surface area (Å²) in [6.07, 6.45) is 0.835. The van der Waals surface area contributed by atoms with Gasteiger partial charge in [-0.1, -0.05) is 13.0 Å². The molecule has 5 heteroatoms. The van der Waals surface area contributed by atoms with E-state index in [1.54, 1.807) is 11.3 Å². The van der Waals surface area contributed by atoms with Crippen LogP contribution < -0.4 is 0 Å². The van der Waals surface area contributed by atoms with Crippen molar-refractivity contribution in [2.24, 2.45) is 0 Å². The summed E-state index contributed by atoms with van der Waals surface area (Å²) in [5.41, 5.74) is 0.750. The molecule has 0 fully saturated rings. The van der Waals surface area contributed by atoms with Crippen LogP contribution in [0.15, 0.2) is 17.5 Å². The lowest BCUT2D eigenvalue weighted by atomic mass is 10.4. The Labute approximate surface area is 108 Å². The number of carbonyl (C=O) groups is 1. The number of thiophene rings is 1. The highest BCUT2D eigenvalue weighted by Gasteiger charge is 2.17. The number of ether oxygens (including phenoxy) is 1. The summed E-state index contributed by atoms with van der Waals surface area (Å²) < 4.78 is 5.12. The molecule has 0 saturated carbocycles. The van der Waals surface area contributed by atoms with Gasteiger partial charge in [-0.3, -0.25) is 0 Å². The number of hydrogen-bond acceptors (Lipinski definition) is 5. The van der Waals surface area contributed by atoms with Gasteiger partial charge < -0.3 is 4.74 Å². The summed E-state index contributed by atoms with van der Waals surface area (Å²) in [6.45, 7) is 4.28. The first-order valence-corrected chi connectivity index (χ1v) is 7.10. The van der Waals surface area contributed by atoms with Gasteiger partial charge in [-0.25, -0.2) is 9.78 Å². The Bertz CT molecular complexity index is 503. The van der Waals surface area contributed by atoms with E-state index in [1.165, 1.54) is 11.3 Å². The molecule has 0 aromatic carbocycles. The molecular formula is C12H13NO2S2. The minimum Gasteiger partial charge on any atom is -0.461 e. The molecule has 0 bridgehead atoms. The summed E-state index contributed by atoms with van der Waals surface area (Å²) in [5.74, 6) is -0.260. The highest BCUT2D eigenvalue weighted by molar-refractivity contribution is 7.22. The van der Waals surface area contributed by atoms with Gasteiger partial charge in [0, 0.05) is 0 Å². The summed E-state index contributed by atoms with van der Waals surface area (Å²) >= 11 is 3.02. The number of hydrogen-bond donors (Lipinski definition) is 0. The number of aromatic nitrogens is 1. The molecule has 0 spiro atoms. The minimum absolute atomic E-state index is 0.260. The van der Waals surface area contributed by atoms with Crippen LogP contribution in [-0.4, -0.2) is 17.6 Å². The van der Waals surface area contributed by atoms with Gasteiger partial charge in [-0.2, -0.15) is 0 Å². The Hall–Kier alpha value is -1.20. The third kappa shape index (κ3) is 2.73. The molecule has 0 unspecified atom stereocenters. The van der Waals surface area contributed by atoms with Gasteiger partial charge in [0.2, 0.25) is 0 Å². The first-order chi connectivity index (χ1) is 8.22. The molecule has 0 radical (unpaired) electrons. The van der Waals surface area contributed by atoms with E-state index >= 15 is 0 Å². The molecule has 0 atom stereocenters. The van der Waals surface area contributed by atoms with Gasteiger partial charge in [-0.05, 0) is 24.8 Å². The van der Waals surface area contributed by atoms with E-state index in [0.717, 1.165) is 22.0 Å². The lowest BCUT2D eigenvalue weighted by Crippen LogP contribution is -2.05. The molecule has 2 rings (SSSR count). The van der Waals surface area contributed by atoms with Crippen molar-refractivity contribution in [3.8, 4) is 9.88 Å². The largest absolute Gasteiger partial charge is 0.461 e. The molecule has 2 heterocycles. The van der Waals surface area contributed by atoms with E-state index in [-0.39, 0.29) is 5.97 Å². The second-order valence-corrected chi connectivity index (χ2v) is 5.49. The van der Waals surface area contributed by atoms with Crippen LogP contribution in [0.3, 0.4) is 0 Å². The van der Waals surface area contributed by atoms with E-state index in [2.05, 4.69) is 4.98 Å². The molecule has 17 heavy (non-hydrogen) atoms. The molecule has 90 valence electrons. The molecule has 0 amide bonds. The fraction of sp³-hybridized carbons (Fsp3) is 0.333. The fourth-order valence-corrected chi connectivity index (χ4v) is 3.11. The van der Waals surface area contributed by atoms with Crippen LogP contribution >= 0.6 is 22.7 Å². The maximum Gasteiger partial charge on any atom is 0.350 e. The van der Waals surface area contributed by atoms with Crippen LogP contribution in [-0.2, 0) is 4.74 Å².